The molecule has 0 spiro atoms. The number of rotatable bonds is 5. The van der Waals surface area contributed by atoms with E-state index < -0.39 is 0 Å². The van der Waals surface area contributed by atoms with Crippen LogP contribution in [0.1, 0.15) is 31.4 Å². The molecule has 0 fully saturated rings. The van der Waals surface area contributed by atoms with Crippen LogP contribution in [0.2, 0.25) is 5.02 Å². The summed E-state index contributed by atoms with van der Waals surface area (Å²) < 4.78 is 0. The van der Waals surface area contributed by atoms with Gasteiger partial charge < -0.3 is 5.32 Å². The first-order valence-electron chi connectivity index (χ1n) is 5.79. The highest BCUT2D eigenvalue weighted by Crippen LogP contribution is 2.21. The zero-order valence-corrected chi connectivity index (χ0v) is 11.1. The number of aryl methyl sites for hydroxylation is 1. The maximum absolute atomic E-state index is 6.10. The molecule has 0 radical (unpaired) electrons. The monoisotopic (exact) mass is 237 g/mol. The Morgan fingerprint density at radius 1 is 1.44 bits per heavy atom. The van der Waals surface area contributed by atoms with Gasteiger partial charge in [-0.1, -0.05) is 36.7 Å². The molecule has 1 rings (SSSR count). The Morgan fingerprint density at radius 2 is 2.19 bits per heavy atom. The van der Waals surface area contributed by atoms with Gasteiger partial charge in [0.05, 0.1) is 0 Å². The average molecular weight is 238 g/mol. The highest BCUT2D eigenvalue weighted by atomic mass is 35.5. The number of nitrogens with one attached hydrogen (secondary N) is 1. The smallest absolute Gasteiger partial charge is 0.0441 e. The summed E-state index contributed by atoms with van der Waals surface area (Å²) in [6.45, 7) is 8.34. The number of hydrogen-bond donors (Lipinski definition) is 1. The van der Waals surface area contributed by atoms with Crippen molar-refractivity contribution in [1.29, 1.82) is 0 Å². The number of benzene rings is 1. The summed E-state index contributed by atoms with van der Waals surface area (Å²) in [5.41, 5.74) is 3.64. The maximum atomic E-state index is 6.10. The molecule has 0 atom stereocenters. The number of allylic oxidation sites excluding steroid dienone is 1. The Balaban J connectivity index is 2.64. The zero-order chi connectivity index (χ0) is 12.0. The SMILES string of the molecule is CCNCC/C=C(/C)c1ccc(C)c(Cl)c1. The van der Waals surface area contributed by atoms with E-state index >= 15 is 0 Å². The van der Waals surface area contributed by atoms with Crippen molar-refractivity contribution in [2.45, 2.75) is 27.2 Å². The molecule has 1 aromatic rings. The first kappa shape index (κ1) is 13.3. The van der Waals surface area contributed by atoms with Crippen molar-refractivity contribution in [3.63, 3.8) is 0 Å². The minimum absolute atomic E-state index is 0.844. The Kier molecular flexibility index (Phi) is 5.58. The molecular weight excluding hydrogens is 218 g/mol. The van der Waals surface area contributed by atoms with Crippen LogP contribution >= 0.6 is 11.6 Å². The predicted octanol–water partition coefficient (Wildman–Crippen LogP) is 4.05. The normalized spacial score (nSPS) is 11.9. The zero-order valence-electron chi connectivity index (χ0n) is 10.3. The van der Waals surface area contributed by atoms with Crippen molar-refractivity contribution in [1.82, 2.24) is 5.32 Å². The highest BCUT2D eigenvalue weighted by Gasteiger charge is 1.99. The summed E-state index contributed by atoms with van der Waals surface area (Å²) in [5.74, 6) is 0. The van der Waals surface area contributed by atoms with E-state index in [2.05, 4.69) is 37.4 Å². The van der Waals surface area contributed by atoms with Gasteiger partial charge in [-0.25, -0.2) is 0 Å². The minimum Gasteiger partial charge on any atom is -0.317 e. The Labute approximate surface area is 104 Å². The molecule has 0 aliphatic heterocycles. The molecule has 2 heteroatoms. The van der Waals surface area contributed by atoms with Gasteiger partial charge in [-0.3, -0.25) is 0 Å². The lowest BCUT2D eigenvalue weighted by molar-refractivity contribution is 0.727. The Hall–Kier alpha value is -0.790. The van der Waals surface area contributed by atoms with Gasteiger partial charge in [-0.2, -0.15) is 0 Å². The average Bonchev–Trinajstić information content (AvgIpc) is 2.28. The molecule has 0 amide bonds. The summed E-state index contributed by atoms with van der Waals surface area (Å²) >= 11 is 6.10. The van der Waals surface area contributed by atoms with Crippen LogP contribution in [0.15, 0.2) is 24.3 Å². The molecule has 1 nitrogen and oxygen atoms in total. The van der Waals surface area contributed by atoms with Crippen LogP contribution in [0, 0.1) is 6.92 Å². The second-order valence-corrected chi connectivity index (χ2v) is 4.40. The molecule has 1 aromatic carbocycles. The van der Waals surface area contributed by atoms with E-state index in [0.717, 1.165) is 30.1 Å². The summed E-state index contributed by atoms with van der Waals surface area (Å²) in [6.07, 6.45) is 3.31. The number of halogens is 1. The van der Waals surface area contributed by atoms with E-state index in [-0.39, 0.29) is 0 Å². The fourth-order valence-electron chi connectivity index (χ4n) is 1.52. The maximum Gasteiger partial charge on any atom is 0.0441 e. The van der Waals surface area contributed by atoms with Crippen LogP contribution in [-0.2, 0) is 0 Å². The van der Waals surface area contributed by atoms with Crippen LogP contribution in [0.4, 0.5) is 0 Å². The van der Waals surface area contributed by atoms with Gasteiger partial charge in [0.2, 0.25) is 0 Å². The third kappa shape index (κ3) is 3.99. The third-order valence-corrected chi connectivity index (χ3v) is 3.06. The van der Waals surface area contributed by atoms with E-state index in [0.29, 0.717) is 0 Å². The van der Waals surface area contributed by atoms with Crippen LogP contribution in [0.5, 0.6) is 0 Å². The van der Waals surface area contributed by atoms with Crippen molar-refractivity contribution in [3.05, 3.63) is 40.4 Å². The second-order valence-electron chi connectivity index (χ2n) is 3.99. The van der Waals surface area contributed by atoms with Crippen molar-refractivity contribution in [2.75, 3.05) is 13.1 Å². The molecular formula is C14H20ClN. The topological polar surface area (TPSA) is 12.0 Å². The molecule has 0 aromatic heterocycles. The lowest BCUT2D eigenvalue weighted by Gasteiger charge is -2.05. The van der Waals surface area contributed by atoms with Crippen molar-refractivity contribution >= 4 is 17.2 Å². The molecule has 0 unspecified atom stereocenters. The van der Waals surface area contributed by atoms with E-state index in [1.165, 1.54) is 11.1 Å². The van der Waals surface area contributed by atoms with Crippen molar-refractivity contribution in [3.8, 4) is 0 Å². The highest BCUT2D eigenvalue weighted by molar-refractivity contribution is 6.31. The molecule has 0 saturated carbocycles. The minimum atomic E-state index is 0.844. The fraction of sp³-hybridized carbons (Fsp3) is 0.429. The molecule has 0 heterocycles. The van der Waals surface area contributed by atoms with E-state index in [1.54, 1.807) is 0 Å². The first-order chi connectivity index (χ1) is 7.65. The summed E-state index contributed by atoms with van der Waals surface area (Å²) in [6, 6.07) is 6.23. The molecule has 0 bridgehead atoms. The lowest BCUT2D eigenvalue weighted by Crippen LogP contribution is -2.13. The van der Waals surface area contributed by atoms with Gasteiger partial charge >= 0.3 is 0 Å². The molecule has 88 valence electrons. The quantitative estimate of drug-likeness (QED) is 0.762. The van der Waals surface area contributed by atoms with E-state index in [4.69, 9.17) is 11.6 Å². The van der Waals surface area contributed by atoms with Gasteiger partial charge in [0.1, 0.15) is 0 Å². The predicted molar refractivity (Wildman–Crippen MR) is 73.0 cm³/mol. The molecule has 0 aliphatic rings. The van der Waals surface area contributed by atoms with E-state index in [9.17, 15) is 0 Å². The largest absolute Gasteiger partial charge is 0.317 e. The molecule has 0 aliphatic carbocycles. The van der Waals surface area contributed by atoms with Crippen molar-refractivity contribution < 1.29 is 0 Å². The van der Waals surface area contributed by atoms with Gasteiger partial charge in [0.25, 0.3) is 0 Å². The van der Waals surface area contributed by atoms with Crippen LogP contribution in [0.3, 0.4) is 0 Å². The first-order valence-corrected chi connectivity index (χ1v) is 6.17. The van der Waals surface area contributed by atoms with Crippen molar-refractivity contribution in [2.24, 2.45) is 0 Å². The lowest BCUT2D eigenvalue weighted by atomic mass is 10.0. The van der Waals surface area contributed by atoms with Crippen LogP contribution in [0.25, 0.3) is 5.57 Å². The molecule has 0 saturated heterocycles. The summed E-state index contributed by atoms with van der Waals surface area (Å²) in [7, 11) is 0. The van der Waals surface area contributed by atoms with E-state index in [1.807, 2.05) is 13.0 Å². The third-order valence-electron chi connectivity index (χ3n) is 2.65. The fourth-order valence-corrected chi connectivity index (χ4v) is 1.70. The second kappa shape index (κ2) is 6.72. The van der Waals surface area contributed by atoms with Crippen LogP contribution < -0.4 is 5.32 Å². The molecule has 16 heavy (non-hydrogen) atoms. The summed E-state index contributed by atoms with van der Waals surface area (Å²) in [4.78, 5) is 0. The van der Waals surface area contributed by atoms with Gasteiger partial charge in [0.15, 0.2) is 0 Å². The Morgan fingerprint density at radius 3 is 2.81 bits per heavy atom. The Bertz CT molecular complexity index is 369. The van der Waals surface area contributed by atoms with Gasteiger partial charge in [-0.15, -0.1) is 0 Å². The molecule has 1 N–H and O–H groups in total. The summed E-state index contributed by atoms with van der Waals surface area (Å²) in [5, 5.41) is 4.15. The number of hydrogen-bond acceptors (Lipinski definition) is 1. The van der Waals surface area contributed by atoms with Crippen LogP contribution in [-0.4, -0.2) is 13.1 Å². The van der Waals surface area contributed by atoms with Gasteiger partial charge in [-0.05, 0) is 56.1 Å². The van der Waals surface area contributed by atoms with Gasteiger partial charge in [0, 0.05) is 5.02 Å². The standard InChI is InChI=1S/C14H20ClN/c1-4-16-9-5-6-11(2)13-8-7-12(3)14(15)10-13/h6-8,10,16H,4-5,9H2,1-3H3/b11-6-.